The van der Waals surface area contributed by atoms with Crippen molar-refractivity contribution in [2.75, 3.05) is 6.54 Å². The lowest BCUT2D eigenvalue weighted by Gasteiger charge is -2.31. The zero-order valence-electron chi connectivity index (χ0n) is 7.12. The highest BCUT2D eigenvalue weighted by Crippen LogP contribution is 2.13. The molecule has 1 aliphatic heterocycles. The first kappa shape index (κ1) is 8.40. The lowest BCUT2D eigenvalue weighted by atomic mass is 10.1. The Morgan fingerprint density at radius 2 is 2.36 bits per heavy atom. The van der Waals surface area contributed by atoms with Crippen LogP contribution in [0.4, 0.5) is 0 Å². The number of rotatable bonds is 1. The Bertz CT molecular complexity index is 165. The van der Waals surface area contributed by atoms with Crippen LogP contribution in [0, 0.1) is 0 Å². The molecule has 64 valence electrons. The fourth-order valence-electron chi connectivity index (χ4n) is 1.26. The van der Waals surface area contributed by atoms with E-state index >= 15 is 0 Å². The van der Waals surface area contributed by atoms with Crippen LogP contribution in [-0.2, 0) is 0 Å². The highest BCUT2D eigenvalue weighted by Gasteiger charge is 2.17. The van der Waals surface area contributed by atoms with Gasteiger partial charge in [0.25, 0.3) is 0 Å². The lowest BCUT2D eigenvalue weighted by molar-refractivity contribution is 0.231. The van der Waals surface area contributed by atoms with E-state index in [2.05, 4.69) is 18.7 Å². The molecule has 0 aromatic rings. The first-order chi connectivity index (χ1) is 5.09. The number of nitrogens with zero attached hydrogens (tertiary/aromatic N) is 1. The van der Waals surface area contributed by atoms with Gasteiger partial charge in [-0.2, -0.15) is 0 Å². The molecule has 3 N–H and O–H groups in total. The van der Waals surface area contributed by atoms with Gasteiger partial charge in [0.1, 0.15) is 5.76 Å². The van der Waals surface area contributed by atoms with Gasteiger partial charge in [0.05, 0.1) is 0 Å². The Kier molecular flexibility index (Phi) is 2.39. The van der Waals surface area contributed by atoms with E-state index in [1.807, 2.05) is 0 Å². The molecule has 11 heavy (non-hydrogen) atoms. The van der Waals surface area contributed by atoms with E-state index in [0.29, 0.717) is 18.2 Å². The van der Waals surface area contributed by atoms with E-state index in [4.69, 9.17) is 5.73 Å². The normalized spacial score (nSPS) is 25.6. The highest BCUT2D eigenvalue weighted by atomic mass is 16.3. The Morgan fingerprint density at radius 1 is 1.73 bits per heavy atom. The maximum Gasteiger partial charge on any atom is 0.110 e. The monoisotopic (exact) mass is 156 g/mol. The number of hydrogen-bond donors (Lipinski definition) is 2. The molecule has 0 bridgehead atoms. The van der Waals surface area contributed by atoms with Gasteiger partial charge in [-0.15, -0.1) is 0 Å². The number of nitrogens with two attached hydrogens (primary N) is 1. The van der Waals surface area contributed by atoms with Crippen LogP contribution in [0.15, 0.2) is 12.0 Å². The molecule has 3 nitrogen and oxygen atoms in total. The SMILES string of the molecule is CC(C)N1C=C(O)C[C@H](N)C1. The second kappa shape index (κ2) is 3.13. The number of aliphatic hydroxyl groups is 1. The summed E-state index contributed by atoms with van der Waals surface area (Å²) in [4.78, 5) is 2.06. The minimum atomic E-state index is 0.0856. The van der Waals surface area contributed by atoms with E-state index in [0.717, 1.165) is 6.54 Å². The zero-order valence-corrected chi connectivity index (χ0v) is 7.12. The molecule has 0 fully saturated rings. The van der Waals surface area contributed by atoms with Gasteiger partial charge >= 0.3 is 0 Å². The predicted octanol–water partition coefficient (Wildman–Crippen LogP) is 0.827. The van der Waals surface area contributed by atoms with Gasteiger partial charge in [-0.25, -0.2) is 0 Å². The fourth-order valence-corrected chi connectivity index (χ4v) is 1.26. The van der Waals surface area contributed by atoms with Gasteiger partial charge in [0, 0.05) is 31.2 Å². The molecule has 0 saturated carbocycles. The zero-order chi connectivity index (χ0) is 8.43. The van der Waals surface area contributed by atoms with Crippen molar-refractivity contribution < 1.29 is 5.11 Å². The van der Waals surface area contributed by atoms with E-state index in [1.54, 1.807) is 6.20 Å². The van der Waals surface area contributed by atoms with Gasteiger partial charge in [-0.1, -0.05) is 0 Å². The molecule has 0 spiro atoms. The van der Waals surface area contributed by atoms with Crippen LogP contribution >= 0.6 is 0 Å². The molecule has 1 atom stereocenters. The van der Waals surface area contributed by atoms with Gasteiger partial charge in [0.2, 0.25) is 0 Å². The molecule has 1 aliphatic rings. The van der Waals surface area contributed by atoms with Gasteiger partial charge in [-0.3, -0.25) is 0 Å². The van der Waals surface area contributed by atoms with Crippen LogP contribution in [0.2, 0.25) is 0 Å². The summed E-state index contributed by atoms with van der Waals surface area (Å²) in [5.74, 6) is 0.400. The summed E-state index contributed by atoms with van der Waals surface area (Å²) >= 11 is 0. The van der Waals surface area contributed by atoms with Gasteiger partial charge < -0.3 is 15.7 Å². The van der Waals surface area contributed by atoms with Crippen molar-refractivity contribution in [2.45, 2.75) is 32.4 Å². The summed E-state index contributed by atoms with van der Waals surface area (Å²) in [5.41, 5.74) is 5.71. The summed E-state index contributed by atoms with van der Waals surface area (Å²) in [5, 5.41) is 9.24. The van der Waals surface area contributed by atoms with Crippen LogP contribution in [0.3, 0.4) is 0 Å². The van der Waals surface area contributed by atoms with E-state index in [9.17, 15) is 5.11 Å². The maximum atomic E-state index is 9.24. The average Bonchev–Trinajstić information content (AvgIpc) is 1.85. The smallest absolute Gasteiger partial charge is 0.110 e. The molecule has 0 amide bonds. The Labute approximate surface area is 67.5 Å². The quantitative estimate of drug-likeness (QED) is 0.591. The number of aliphatic hydroxyl groups excluding tert-OH is 1. The van der Waals surface area contributed by atoms with Crippen LogP contribution in [0.1, 0.15) is 20.3 Å². The summed E-state index contributed by atoms with van der Waals surface area (Å²) in [7, 11) is 0. The van der Waals surface area contributed by atoms with Crippen molar-refractivity contribution in [2.24, 2.45) is 5.73 Å². The minimum Gasteiger partial charge on any atom is -0.511 e. The maximum absolute atomic E-state index is 9.24. The molecule has 0 aliphatic carbocycles. The van der Waals surface area contributed by atoms with E-state index in [-0.39, 0.29) is 6.04 Å². The molecule has 0 aromatic carbocycles. The van der Waals surface area contributed by atoms with Crippen molar-refractivity contribution in [3.05, 3.63) is 12.0 Å². The van der Waals surface area contributed by atoms with Crippen molar-refractivity contribution in [3.63, 3.8) is 0 Å². The standard InChI is InChI=1S/C8H16N2O/c1-6(2)10-4-7(9)3-8(11)5-10/h5-7,11H,3-4,9H2,1-2H3/t7-/m0/s1. The molecule has 1 heterocycles. The Hall–Kier alpha value is -0.700. The Morgan fingerprint density at radius 3 is 2.82 bits per heavy atom. The van der Waals surface area contributed by atoms with Crippen LogP contribution < -0.4 is 5.73 Å². The summed E-state index contributed by atoms with van der Waals surface area (Å²) in [6.07, 6.45) is 2.40. The molecule has 1 rings (SSSR count). The van der Waals surface area contributed by atoms with Crippen LogP contribution in [0.5, 0.6) is 0 Å². The molecule has 0 radical (unpaired) electrons. The van der Waals surface area contributed by atoms with Gasteiger partial charge in [-0.05, 0) is 13.8 Å². The molecule has 0 aromatic heterocycles. The van der Waals surface area contributed by atoms with Gasteiger partial charge in [0.15, 0.2) is 0 Å². The minimum absolute atomic E-state index is 0.0856. The highest BCUT2D eigenvalue weighted by molar-refractivity contribution is 5.00. The topological polar surface area (TPSA) is 49.5 Å². The predicted molar refractivity (Wildman–Crippen MR) is 45.1 cm³/mol. The summed E-state index contributed by atoms with van der Waals surface area (Å²) < 4.78 is 0. The van der Waals surface area contributed by atoms with Crippen molar-refractivity contribution >= 4 is 0 Å². The third kappa shape index (κ3) is 2.12. The third-order valence-corrected chi connectivity index (χ3v) is 1.89. The lowest BCUT2D eigenvalue weighted by Crippen LogP contribution is -2.41. The van der Waals surface area contributed by atoms with Crippen molar-refractivity contribution in [1.29, 1.82) is 0 Å². The molecular formula is C8H16N2O. The second-order valence-electron chi connectivity index (χ2n) is 3.38. The molecule has 3 heteroatoms. The largest absolute Gasteiger partial charge is 0.511 e. The molecular weight excluding hydrogens is 140 g/mol. The first-order valence-electron chi connectivity index (χ1n) is 4.00. The van der Waals surface area contributed by atoms with Crippen molar-refractivity contribution in [3.8, 4) is 0 Å². The van der Waals surface area contributed by atoms with E-state index in [1.165, 1.54) is 0 Å². The van der Waals surface area contributed by atoms with E-state index < -0.39 is 0 Å². The second-order valence-corrected chi connectivity index (χ2v) is 3.38. The number of hydrogen-bond acceptors (Lipinski definition) is 3. The Balaban J connectivity index is 2.61. The molecule has 0 saturated heterocycles. The van der Waals surface area contributed by atoms with Crippen LogP contribution in [0.25, 0.3) is 0 Å². The first-order valence-corrected chi connectivity index (χ1v) is 4.00. The summed E-state index contributed by atoms with van der Waals surface area (Å²) in [6, 6.07) is 0.505. The average molecular weight is 156 g/mol. The van der Waals surface area contributed by atoms with Crippen molar-refractivity contribution in [1.82, 2.24) is 4.90 Å². The summed E-state index contributed by atoms with van der Waals surface area (Å²) in [6.45, 7) is 5.02. The third-order valence-electron chi connectivity index (χ3n) is 1.89. The fraction of sp³-hybridized carbons (Fsp3) is 0.750. The van der Waals surface area contributed by atoms with Crippen LogP contribution in [-0.4, -0.2) is 28.6 Å². The molecule has 0 unspecified atom stereocenters.